The summed E-state index contributed by atoms with van der Waals surface area (Å²) < 4.78 is 5.36. The number of nitrogens with zero attached hydrogens (tertiary/aromatic N) is 1. The number of likely N-dealkylation sites (tertiary alicyclic amines) is 1. The average molecular weight is 255 g/mol. The van der Waals surface area contributed by atoms with Gasteiger partial charge in [-0.25, -0.2) is 0 Å². The Hall–Kier alpha value is -0.120. The van der Waals surface area contributed by atoms with E-state index in [0.717, 1.165) is 51.1 Å². The Balaban J connectivity index is 1.75. The molecule has 18 heavy (non-hydrogen) atoms. The molecule has 0 spiro atoms. The highest BCUT2D eigenvalue weighted by Gasteiger charge is 2.27. The van der Waals surface area contributed by atoms with Gasteiger partial charge in [0.15, 0.2) is 0 Å². The first kappa shape index (κ1) is 14.3. The van der Waals surface area contributed by atoms with Crippen molar-refractivity contribution in [3.05, 3.63) is 0 Å². The fourth-order valence-electron chi connectivity index (χ4n) is 3.30. The predicted molar refractivity (Wildman–Crippen MR) is 73.6 cm³/mol. The van der Waals surface area contributed by atoms with Crippen molar-refractivity contribution in [3.63, 3.8) is 0 Å². The molecular weight excluding hydrogens is 226 g/mol. The van der Waals surface area contributed by atoms with Gasteiger partial charge in [0.05, 0.1) is 12.7 Å². The third kappa shape index (κ3) is 3.94. The number of β-amino-alcohol motifs (C(OH)–C–C–N with tert-alkyl or cyclic N) is 1. The first-order chi connectivity index (χ1) is 8.66. The van der Waals surface area contributed by atoms with Gasteiger partial charge in [-0.05, 0) is 50.6 Å². The number of rotatable bonds is 4. The summed E-state index contributed by atoms with van der Waals surface area (Å²) in [5.41, 5.74) is 0. The summed E-state index contributed by atoms with van der Waals surface area (Å²) in [6.45, 7) is 9.43. The summed E-state index contributed by atoms with van der Waals surface area (Å²) in [6, 6.07) is 0. The molecule has 0 saturated carbocycles. The van der Waals surface area contributed by atoms with Gasteiger partial charge in [0.1, 0.15) is 0 Å². The smallest absolute Gasteiger partial charge is 0.0718 e. The minimum Gasteiger partial charge on any atom is -0.391 e. The largest absolute Gasteiger partial charge is 0.391 e. The molecule has 0 amide bonds. The summed E-state index contributed by atoms with van der Waals surface area (Å²) in [6.07, 6.45) is 4.78. The van der Waals surface area contributed by atoms with E-state index in [1.807, 2.05) is 0 Å². The Morgan fingerprint density at radius 3 is 2.67 bits per heavy atom. The van der Waals surface area contributed by atoms with Crippen LogP contribution in [0.3, 0.4) is 0 Å². The van der Waals surface area contributed by atoms with E-state index in [1.165, 1.54) is 19.3 Å². The zero-order chi connectivity index (χ0) is 13.0. The molecule has 106 valence electrons. The third-order valence-corrected chi connectivity index (χ3v) is 4.76. The molecule has 0 aromatic rings. The summed E-state index contributed by atoms with van der Waals surface area (Å²) in [5.74, 6) is 2.05. The van der Waals surface area contributed by atoms with Crippen LogP contribution in [0.25, 0.3) is 0 Å². The van der Waals surface area contributed by atoms with Gasteiger partial charge in [-0.2, -0.15) is 0 Å². The molecule has 0 aromatic carbocycles. The quantitative estimate of drug-likeness (QED) is 0.835. The van der Waals surface area contributed by atoms with Crippen molar-refractivity contribution in [3.8, 4) is 0 Å². The first-order valence-electron chi connectivity index (χ1n) is 7.65. The van der Waals surface area contributed by atoms with Gasteiger partial charge in [-0.15, -0.1) is 0 Å². The van der Waals surface area contributed by atoms with Crippen LogP contribution in [0.4, 0.5) is 0 Å². The zero-order valence-electron chi connectivity index (χ0n) is 12.0. The van der Waals surface area contributed by atoms with Crippen molar-refractivity contribution in [2.45, 2.75) is 45.6 Å². The van der Waals surface area contributed by atoms with Gasteiger partial charge in [-0.3, -0.25) is 0 Å². The van der Waals surface area contributed by atoms with Crippen molar-refractivity contribution in [2.75, 3.05) is 32.8 Å². The second-order valence-electron chi connectivity index (χ2n) is 6.43. The summed E-state index contributed by atoms with van der Waals surface area (Å²) in [7, 11) is 0. The van der Waals surface area contributed by atoms with Crippen LogP contribution < -0.4 is 0 Å². The number of hydrogen-bond donors (Lipinski definition) is 1. The Kier molecular flexibility index (Phi) is 5.46. The van der Waals surface area contributed by atoms with Gasteiger partial charge < -0.3 is 14.7 Å². The fourth-order valence-corrected chi connectivity index (χ4v) is 3.30. The number of hydrogen-bond acceptors (Lipinski definition) is 3. The van der Waals surface area contributed by atoms with Crippen molar-refractivity contribution in [1.29, 1.82) is 0 Å². The lowest BCUT2D eigenvalue weighted by molar-refractivity contribution is 0.0564. The highest BCUT2D eigenvalue weighted by molar-refractivity contribution is 4.78. The molecule has 0 aliphatic carbocycles. The predicted octanol–water partition coefficient (Wildman–Crippen LogP) is 2.14. The number of aliphatic hydroxyl groups is 1. The van der Waals surface area contributed by atoms with E-state index < -0.39 is 0 Å². The normalized spacial score (nSPS) is 32.7. The van der Waals surface area contributed by atoms with E-state index in [0.29, 0.717) is 5.92 Å². The van der Waals surface area contributed by atoms with E-state index in [-0.39, 0.29) is 6.10 Å². The molecule has 2 heterocycles. The second-order valence-corrected chi connectivity index (χ2v) is 6.43. The van der Waals surface area contributed by atoms with Crippen LogP contribution in [0.1, 0.15) is 39.5 Å². The molecule has 3 atom stereocenters. The molecule has 3 nitrogen and oxygen atoms in total. The third-order valence-electron chi connectivity index (χ3n) is 4.76. The molecular formula is C15H29NO2. The topological polar surface area (TPSA) is 32.7 Å². The maximum absolute atomic E-state index is 10.2. The summed E-state index contributed by atoms with van der Waals surface area (Å²) in [5, 5.41) is 10.2. The molecule has 0 radical (unpaired) electrons. The zero-order valence-corrected chi connectivity index (χ0v) is 12.0. The van der Waals surface area contributed by atoms with E-state index in [9.17, 15) is 5.11 Å². The van der Waals surface area contributed by atoms with E-state index in [2.05, 4.69) is 18.7 Å². The van der Waals surface area contributed by atoms with Crippen LogP contribution in [-0.4, -0.2) is 49.0 Å². The van der Waals surface area contributed by atoms with Crippen molar-refractivity contribution in [2.24, 2.45) is 17.8 Å². The lowest BCUT2D eigenvalue weighted by Gasteiger charge is -2.26. The first-order valence-corrected chi connectivity index (χ1v) is 7.65. The minimum absolute atomic E-state index is 0.192. The van der Waals surface area contributed by atoms with Gasteiger partial charge in [0.25, 0.3) is 0 Å². The Morgan fingerprint density at radius 1 is 1.17 bits per heavy atom. The molecule has 0 aromatic heterocycles. The van der Waals surface area contributed by atoms with Gasteiger partial charge in [-0.1, -0.05) is 13.8 Å². The minimum atomic E-state index is -0.192. The lowest BCUT2D eigenvalue weighted by atomic mass is 9.89. The summed E-state index contributed by atoms with van der Waals surface area (Å²) >= 11 is 0. The Labute approximate surface area is 112 Å². The van der Waals surface area contributed by atoms with Crippen LogP contribution in [0.2, 0.25) is 0 Å². The van der Waals surface area contributed by atoms with Crippen LogP contribution in [0.15, 0.2) is 0 Å². The van der Waals surface area contributed by atoms with Gasteiger partial charge in [0.2, 0.25) is 0 Å². The van der Waals surface area contributed by atoms with Crippen molar-refractivity contribution >= 4 is 0 Å². The van der Waals surface area contributed by atoms with Gasteiger partial charge in [0, 0.05) is 19.1 Å². The Morgan fingerprint density at radius 2 is 2.00 bits per heavy atom. The number of aliphatic hydroxyl groups excluding tert-OH is 1. The fraction of sp³-hybridized carbons (Fsp3) is 1.00. The molecule has 2 aliphatic heterocycles. The highest BCUT2D eigenvalue weighted by atomic mass is 16.5. The van der Waals surface area contributed by atoms with E-state index in [4.69, 9.17) is 4.74 Å². The molecule has 2 fully saturated rings. The van der Waals surface area contributed by atoms with E-state index >= 15 is 0 Å². The van der Waals surface area contributed by atoms with Gasteiger partial charge >= 0.3 is 0 Å². The Bertz CT molecular complexity index is 239. The maximum Gasteiger partial charge on any atom is 0.0718 e. The van der Waals surface area contributed by atoms with E-state index in [1.54, 1.807) is 0 Å². The molecule has 1 N–H and O–H groups in total. The van der Waals surface area contributed by atoms with Crippen LogP contribution >= 0.6 is 0 Å². The molecule has 0 bridgehead atoms. The lowest BCUT2D eigenvalue weighted by Crippen LogP contribution is -2.37. The monoisotopic (exact) mass is 255 g/mol. The molecule has 2 rings (SSSR count). The van der Waals surface area contributed by atoms with Crippen LogP contribution in [0.5, 0.6) is 0 Å². The molecule has 2 aliphatic rings. The molecule has 2 saturated heterocycles. The number of ether oxygens (including phenoxy) is 1. The van der Waals surface area contributed by atoms with Crippen molar-refractivity contribution < 1.29 is 9.84 Å². The second kappa shape index (κ2) is 6.88. The SMILES string of the molecule is CC(C)C1CCCN(CC(O)C2CCOC2)CC1. The van der Waals surface area contributed by atoms with Crippen molar-refractivity contribution in [1.82, 2.24) is 4.90 Å². The van der Waals surface area contributed by atoms with Crippen LogP contribution in [-0.2, 0) is 4.74 Å². The molecule has 3 heteroatoms. The molecule has 3 unspecified atom stereocenters. The highest BCUT2D eigenvalue weighted by Crippen LogP contribution is 2.25. The maximum atomic E-state index is 10.2. The van der Waals surface area contributed by atoms with Crippen LogP contribution in [0, 0.1) is 17.8 Å². The average Bonchev–Trinajstić information content (AvgIpc) is 2.77. The summed E-state index contributed by atoms with van der Waals surface area (Å²) in [4.78, 5) is 2.46. The standard InChI is InChI=1S/C15H29NO2/c1-12(2)13-4-3-7-16(8-5-13)10-15(17)14-6-9-18-11-14/h12-15,17H,3-11H2,1-2H3.